The Morgan fingerprint density at radius 1 is 1.35 bits per heavy atom. The van der Waals surface area contributed by atoms with Crippen molar-refractivity contribution < 1.29 is 4.79 Å². The Balaban J connectivity index is 2.47. The third-order valence-electron chi connectivity index (χ3n) is 2.77. The van der Waals surface area contributed by atoms with Gasteiger partial charge in [-0.2, -0.15) is 0 Å². The van der Waals surface area contributed by atoms with Gasteiger partial charge in [-0.1, -0.05) is 24.3 Å². The van der Waals surface area contributed by atoms with Crippen LogP contribution in [0.4, 0.5) is 16.2 Å². The maximum absolute atomic E-state index is 12.3. The van der Waals surface area contributed by atoms with Crippen LogP contribution in [0.15, 0.2) is 47.8 Å². The molecule has 6 heteroatoms. The van der Waals surface area contributed by atoms with Gasteiger partial charge in [0.1, 0.15) is 5.69 Å². The van der Waals surface area contributed by atoms with Crippen molar-refractivity contribution in [2.24, 2.45) is 0 Å². The van der Waals surface area contributed by atoms with Gasteiger partial charge in [0, 0.05) is 6.54 Å². The molecule has 2 rings (SSSR count). The number of benzene rings is 1. The quantitative estimate of drug-likeness (QED) is 0.744. The molecule has 104 valence electrons. The number of nitrogens with zero attached hydrogens (tertiary/aromatic N) is 1. The van der Waals surface area contributed by atoms with Gasteiger partial charge < -0.3 is 10.4 Å². The number of aromatic amines is 2. The second-order valence-electron chi connectivity index (χ2n) is 4.20. The Kier molecular flexibility index (Phi) is 4.05. The molecule has 2 amide bonds. The number of amides is 2. The Morgan fingerprint density at radius 2 is 2.05 bits per heavy atom. The fourth-order valence-electron chi connectivity index (χ4n) is 1.87. The summed E-state index contributed by atoms with van der Waals surface area (Å²) in [5.74, 6) is 0. The van der Waals surface area contributed by atoms with Gasteiger partial charge in [0.05, 0.1) is 11.4 Å². The first-order valence-corrected chi connectivity index (χ1v) is 6.16. The predicted octanol–water partition coefficient (Wildman–Crippen LogP) is 2.05. The number of hydrogen-bond donors (Lipinski definition) is 3. The summed E-state index contributed by atoms with van der Waals surface area (Å²) >= 11 is 0. The number of anilines is 2. The number of para-hydroxylation sites is 1. The van der Waals surface area contributed by atoms with Gasteiger partial charge in [0.15, 0.2) is 0 Å². The number of urea groups is 1. The number of aryl methyl sites for hydroxylation is 1. The molecule has 0 aliphatic carbocycles. The van der Waals surface area contributed by atoms with E-state index < -0.39 is 0 Å². The standard InChI is InChI=1S/C14H16N4O2/c1-3-9-15-14(20)18(11-7-5-4-6-8-11)12-10(2)16-17-13(12)19/h3-8H,1,9H2,2H3,(H,15,20)(H2,16,17,19). The first-order chi connectivity index (χ1) is 9.65. The molecule has 0 saturated heterocycles. The van der Waals surface area contributed by atoms with E-state index in [0.29, 0.717) is 17.9 Å². The second-order valence-corrected chi connectivity index (χ2v) is 4.20. The van der Waals surface area contributed by atoms with Gasteiger partial charge in [-0.15, -0.1) is 6.58 Å². The largest absolute Gasteiger partial charge is 0.334 e. The van der Waals surface area contributed by atoms with Crippen LogP contribution in [0.3, 0.4) is 0 Å². The maximum atomic E-state index is 12.3. The van der Waals surface area contributed by atoms with E-state index in [1.165, 1.54) is 4.90 Å². The van der Waals surface area contributed by atoms with E-state index >= 15 is 0 Å². The van der Waals surface area contributed by atoms with E-state index in [1.807, 2.05) is 6.07 Å². The number of hydrogen-bond acceptors (Lipinski definition) is 2. The van der Waals surface area contributed by atoms with Crippen LogP contribution in [0.1, 0.15) is 5.69 Å². The summed E-state index contributed by atoms with van der Waals surface area (Å²) < 4.78 is 0. The molecule has 0 aliphatic heterocycles. The number of H-pyrrole nitrogens is 2. The molecule has 0 unspecified atom stereocenters. The van der Waals surface area contributed by atoms with Crippen LogP contribution in [0.25, 0.3) is 0 Å². The molecule has 0 spiro atoms. The normalized spacial score (nSPS) is 10.1. The summed E-state index contributed by atoms with van der Waals surface area (Å²) in [5.41, 5.74) is 1.13. The number of rotatable bonds is 4. The Labute approximate surface area is 116 Å². The van der Waals surface area contributed by atoms with Crippen molar-refractivity contribution in [3.63, 3.8) is 0 Å². The minimum atomic E-state index is -0.385. The van der Waals surface area contributed by atoms with Crippen LogP contribution < -0.4 is 15.8 Å². The fourth-order valence-corrected chi connectivity index (χ4v) is 1.87. The first kappa shape index (κ1) is 13.7. The average molecular weight is 272 g/mol. The lowest BCUT2D eigenvalue weighted by Crippen LogP contribution is -2.39. The van der Waals surface area contributed by atoms with E-state index in [0.717, 1.165) is 0 Å². The van der Waals surface area contributed by atoms with Gasteiger partial charge in [0.2, 0.25) is 0 Å². The molecule has 0 fully saturated rings. The zero-order chi connectivity index (χ0) is 14.5. The minimum Gasteiger partial charge on any atom is -0.334 e. The van der Waals surface area contributed by atoms with Crippen LogP contribution in [0.2, 0.25) is 0 Å². The van der Waals surface area contributed by atoms with Crippen molar-refractivity contribution in [1.82, 2.24) is 15.5 Å². The fraction of sp³-hybridized carbons (Fsp3) is 0.143. The molecule has 0 saturated carbocycles. The molecule has 0 atom stereocenters. The number of aromatic nitrogens is 2. The molecule has 0 aliphatic rings. The van der Waals surface area contributed by atoms with Crippen molar-refractivity contribution in [2.75, 3.05) is 11.4 Å². The average Bonchev–Trinajstić information content (AvgIpc) is 2.79. The second kappa shape index (κ2) is 5.92. The minimum absolute atomic E-state index is 0.276. The Morgan fingerprint density at radius 3 is 2.60 bits per heavy atom. The molecule has 0 radical (unpaired) electrons. The zero-order valence-electron chi connectivity index (χ0n) is 11.1. The molecular weight excluding hydrogens is 256 g/mol. The smallest absolute Gasteiger partial charge is 0.326 e. The van der Waals surface area contributed by atoms with Crippen molar-refractivity contribution >= 4 is 17.4 Å². The highest BCUT2D eigenvalue weighted by Crippen LogP contribution is 2.24. The van der Waals surface area contributed by atoms with Crippen LogP contribution in [0, 0.1) is 6.92 Å². The summed E-state index contributed by atoms with van der Waals surface area (Å²) in [6, 6.07) is 8.60. The van der Waals surface area contributed by atoms with Crippen LogP contribution >= 0.6 is 0 Å². The predicted molar refractivity (Wildman–Crippen MR) is 78.3 cm³/mol. The van der Waals surface area contributed by atoms with Crippen molar-refractivity contribution in [3.05, 3.63) is 59.0 Å². The summed E-state index contributed by atoms with van der Waals surface area (Å²) in [7, 11) is 0. The molecule has 1 aromatic heterocycles. The molecule has 20 heavy (non-hydrogen) atoms. The third-order valence-corrected chi connectivity index (χ3v) is 2.77. The van der Waals surface area contributed by atoms with E-state index in [4.69, 9.17) is 0 Å². The lowest BCUT2D eigenvalue weighted by molar-refractivity contribution is 0.249. The Hall–Kier alpha value is -2.76. The summed E-state index contributed by atoms with van der Waals surface area (Å²) in [5, 5.41) is 7.87. The molecule has 2 aromatic rings. The topological polar surface area (TPSA) is 81.0 Å². The lowest BCUT2D eigenvalue weighted by Gasteiger charge is -2.21. The third kappa shape index (κ3) is 2.64. The lowest BCUT2D eigenvalue weighted by atomic mass is 10.2. The highest BCUT2D eigenvalue weighted by atomic mass is 16.2. The molecule has 0 bridgehead atoms. The van der Waals surface area contributed by atoms with Crippen molar-refractivity contribution in [2.45, 2.75) is 6.92 Å². The SMILES string of the molecule is C=CCNC(=O)N(c1ccccc1)c1c(C)[nH][nH]c1=O. The van der Waals surface area contributed by atoms with Gasteiger partial charge >= 0.3 is 6.03 Å². The van der Waals surface area contributed by atoms with Crippen molar-refractivity contribution in [1.29, 1.82) is 0 Å². The summed E-state index contributed by atoms with van der Waals surface area (Å²) in [6.45, 7) is 5.60. The summed E-state index contributed by atoms with van der Waals surface area (Å²) in [6.07, 6.45) is 1.58. The zero-order valence-corrected chi connectivity index (χ0v) is 11.1. The van der Waals surface area contributed by atoms with Gasteiger partial charge in [0.25, 0.3) is 5.56 Å². The maximum Gasteiger partial charge on any atom is 0.326 e. The van der Waals surface area contributed by atoms with Crippen molar-refractivity contribution in [3.8, 4) is 0 Å². The van der Waals surface area contributed by atoms with Gasteiger partial charge in [-0.3, -0.25) is 14.8 Å². The highest BCUT2D eigenvalue weighted by molar-refractivity contribution is 5.99. The molecular formula is C14H16N4O2. The van der Waals surface area contributed by atoms with Gasteiger partial charge in [-0.05, 0) is 19.1 Å². The van der Waals surface area contributed by atoms with Crippen LogP contribution in [-0.2, 0) is 0 Å². The highest BCUT2D eigenvalue weighted by Gasteiger charge is 2.23. The van der Waals surface area contributed by atoms with Gasteiger partial charge in [-0.25, -0.2) is 4.79 Å². The van der Waals surface area contributed by atoms with Crippen LogP contribution in [0.5, 0.6) is 0 Å². The van der Waals surface area contributed by atoms with Crippen LogP contribution in [-0.4, -0.2) is 22.8 Å². The number of carbonyl (C=O) groups excluding carboxylic acids is 1. The molecule has 1 aromatic carbocycles. The molecule has 6 nitrogen and oxygen atoms in total. The van der Waals surface area contributed by atoms with E-state index in [1.54, 1.807) is 37.3 Å². The number of carbonyl (C=O) groups is 1. The first-order valence-electron chi connectivity index (χ1n) is 6.16. The Bertz CT molecular complexity index is 657. The summed E-state index contributed by atoms with van der Waals surface area (Å²) in [4.78, 5) is 25.6. The van der Waals surface area contributed by atoms with E-state index in [-0.39, 0.29) is 17.3 Å². The molecule has 3 N–H and O–H groups in total. The number of nitrogens with one attached hydrogen (secondary N) is 3. The van der Waals surface area contributed by atoms with E-state index in [9.17, 15) is 9.59 Å². The molecule has 1 heterocycles. The monoisotopic (exact) mass is 272 g/mol. The van der Waals surface area contributed by atoms with E-state index in [2.05, 4.69) is 22.1 Å².